The van der Waals surface area contributed by atoms with Crippen molar-refractivity contribution in [3.8, 4) is 23.5 Å². The van der Waals surface area contributed by atoms with Gasteiger partial charge >= 0.3 is 0 Å². The molecule has 1 atom stereocenters. The SMILES string of the molecule is [B]C1=C([B])C(N(C/C([B])=C([B])\C(=C(\[B])C#C)c2ccc3oc4ccccc4c3c2)c2c([B])c([B])c(-c3ccc4oc5ccccc5c4c3)c([B])c2[B])C([B])=C1c1ccccc1. The molecule has 13 heteroatoms. The molecule has 0 spiro atoms. The van der Waals surface area contributed by atoms with Gasteiger partial charge in [0.25, 0.3) is 0 Å². The molecule has 9 rings (SSSR count). The Labute approximate surface area is 368 Å². The second kappa shape index (κ2) is 15.7. The summed E-state index contributed by atoms with van der Waals surface area (Å²) in [5.74, 6) is 2.54. The van der Waals surface area contributed by atoms with Gasteiger partial charge in [-0.3, -0.25) is 0 Å². The number of para-hydroxylation sites is 2. The van der Waals surface area contributed by atoms with Gasteiger partial charge in [-0.1, -0.05) is 129 Å². The molecule has 0 saturated heterocycles. The van der Waals surface area contributed by atoms with E-state index >= 15 is 0 Å². The van der Waals surface area contributed by atoms with E-state index in [4.69, 9.17) is 93.7 Å². The fourth-order valence-electron chi connectivity index (χ4n) is 8.47. The minimum atomic E-state index is -0.949. The molecule has 0 fully saturated rings. The summed E-state index contributed by atoms with van der Waals surface area (Å²) in [6.07, 6.45) is 5.93. The van der Waals surface area contributed by atoms with E-state index in [2.05, 4.69) is 5.92 Å². The zero-order chi connectivity index (χ0) is 42.9. The van der Waals surface area contributed by atoms with Crippen LogP contribution in [0.4, 0.5) is 5.69 Å². The molecule has 0 bridgehead atoms. The van der Waals surface area contributed by atoms with E-state index in [1.165, 1.54) is 0 Å². The van der Waals surface area contributed by atoms with Crippen molar-refractivity contribution >= 4 is 161 Å². The fourth-order valence-corrected chi connectivity index (χ4v) is 8.47. The van der Waals surface area contributed by atoms with Crippen LogP contribution in [0.25, 0.3) is 66.2 Å². The van der Waals surface area contributed by atoms with E-state index in [0.29, 0.717) is 44.5 Å². The summed E-state index contributed by atoms with van der Waals surface area (Å²) in [5.41, 5.74) is 7.92. The molecule has 8 aromatic rings. The highest BCUT2D eigenvalue weighted by molar-refractivity contribution is 6.63. The van der Waals surface area contributed by atoms with Crippen LogP contribution in [0.3, 0.4) is 0 Å². The summed E-state index contributed by atoms with van der Waals surface area (Å²) >= 11 is 0. The zero-order valence-electron chi connectivity index (χ0n) is 32.9. The van der Waals surface area contributed by atoms with Gasteiger partial charge in [0.05, 0.1) is 6.04 Å². The van der Waals surface area contributed by atoms with E-state index in [-0.39, 0.29) is 61.4 Å². The molecule has 3 nitrogen and oxygen atoms in total. The Bertz CT molecular complexity index is 3280. The minimum Gasteiger partial charge on any atom is -0.456 e. The average Bonchev–Trinajstić information content (AvgIpc) is 3.90. The summed E-state index contributed by atoms with van der Waals surface area (Å²) in [6.45, 7) is -0.176. The topological polar surface area (TPSA) is 29.5 Å². The van der Waals surface area contributed by atoms with Crippen molar-refractivity contribution < 1.29 is 8.83 Å². The molecular weight excluding hydrogens is 731 g/mol. The van der Waals surface area contributed by atoms with Gasteiger partial charge < -0.3 is 13.7 Å². The first-order valence-corrected chi connectivity index (χ1v) is 19.3. The second-order valence-electron chi connectivity index (χ2n) is 15.0. The number of benzene rings is 6. The number of furan rings is 2. The molecule has 0 N–H and O–H groups in total. The Morgan fingerprint density at radius 1 is 0.574 bits per heavy atom. The molecule has 0 saturated carbocycles. The molecule has 1 unspecified atom stereocenters. The molecule has 262 valence electrons. The number of allylic oxidation sites excluding steroid dienone is 5. The first-order chi connectivity index (χ1) is 29.4. The lowest BCUT2D eigenvalue weighted by Crippen LogP contribution is -2.52. The maximum Gasteiger partial charge on any atom is 0.135 e. The van der Waals surface area contributed by atoms with E-state index in [9.17, 15) is 0 Å². The van der Waals surface area contributed by atoms with Crippen molar-refractivity contribution in [2.75, 3.05) is 11.4 Å². The van der Waals surface area contributed by atoms with Gasteiger partial charge in [0.1, 0.15) is 101 Å². The number of hydrogen-bond acceptors (Lipinski definition) is 3. The first kappa shape index (κ1) is 40.3. The van der Waals surface area contributed by atoms with Crippen molar-refractivity contribution in [2.24, 2.45) is 0 Å². The van der Waals surface area contributed by atoms with E-state index in [0.717, 1.165) is 38.3 Å². The van der Waals surface area contributed by atoms with Crippen LogP contribution in [0, 0.1) is 12.3 Å². The molecule has 20 radical (unpaired) electrons. The van der Waals surface area contributed by atoms with Crippen LogP contribution in [0.2, 0.25) is 0 Å². The lowest BCUT2D eigenvalue weighted by atomic mass is 9.63. The molecule has 0 aliphatic heterocycles. The van der Waals surface area contributed by atoms with E-state index < -0.39 is 6.04 Å². The highest BCUT2D eigenvalue weighted by Gasteiger charge is 2.33. The predicted octanol–water partition coefficient (Wildman–Crippen LogP) is 4.41. The van der Waals surface area contributed by atoms with Crippen molar-refractivity contribution in [3.05, 3.63) is 159 Å². The summed E-state index contributed by atoms with van der Waals surface area (Å²) in [5, 5.41) is 3.53. The standard InChI is InChI=1S/C48H23B10NO2/c1-2-30(49)36(24-16-18-34-28(20-24)26-12-6-8-14-32(26)60-34)39(51)31(50)22-59(47-43(55)37(40(52)44(47)56)23-10-4-3-5-11-23)48-45(57)41(53)38(42(54)46(48)58)25-17-19-35-29(21-25)27-13-7-9-15-33(27)61-35/h1,3-21,47H,22H2/b36-30+,39-31-. The van der Waals surface area contributed by atoms with Crippen molar-refractivity contribution in [2.45, 2.75) is 6.04 Å². The molecule has 61 heavy (non-hydrogen) atoms. The maximum atomic E-state index is 7.06. The van der Waals surface area contributed by atoms with Gasteiger partial charge in [0.2, 0.25) is 0 Å². The lowest BCUT2D eigenvalue weighted by Gasteiger charge is -2.40. The average molecular weight is 754 g/mol. The predicted molar refractivity (Wildman–Crippen MR) is 263 cm³/mol. The number of nitrogens with zero attached hydrogens (tertiary/aromatic N) is 1. The van der Waals surface area contributed by atoms with Crippen molar-refractivity contribution in [1.82, 2.24) is 0 Å². The van der Waals surface area contributed by atoms with Crippen molar-refractivity contribution in [1.29, 1.82) is 0 Å². The van der Waals surface area contributed by atoms with E-state index in [1.807, 2.05) is 115 Å². The fraction of sp³-hybridized carbons (Fsp3) is 0.0417. The van der Waals surface area contributed by atoms with Crippen LogP contribution < -0.4 is 26.8 Å². The Kier molecular flexibility index (Phi) is 10.4. The Morgan fingerprint density at radius 3 is 1.72 bits per heavy atom. The number of hydrogen-bond donors (Lipinski definition) is 0. The molecule has 1 aliphatic carbocycles. The van der Waals surface area contributed by atoms with Crippen LogP contribution in [-0.2, 0) is 0 Å². The van der Waals surface area contributed by atoms with Gasteiger partial charge in [-0.15, -0.1) is 11.9 Å². The number of anilines is 1. The lowest BCUT2D eigenvalue weighted by molar-refractivity contribution is 0.668. The van der Waals surface area contributed by atoms with Crippen LogP contribution in [0.5, 0.6) is 0 Å². The van der Waals surface area contributed by atoms with E-state index in [1.54, 1.807) is 4.90 Å². The second-order valence-corrected chi connectivity index (χ2v) is 15.0. The summed E-state index contributed by atoms with van der Waals surface area (Å²) < 4.78 is 12.1. The van der Waals surface area contributed by atoms with Gasteiger partial charge in [-0.05, 0) is 75.3 Å². The largest absolute Gasteiger partial charge is 0.456 e. The molecule has 1 aliphatic rings. The van der Waals surface area contributed by atoms with Gasteiger partial charge in [0, 0.05) is 33.8 Å². The minimum absolute atomic E-state index is 0.0497. The summed E-state index contributed by atoms with van der Waals surface area (Å²) in [6, 6.07) is 35.1. The maximum absolute atomic E-state index is 7.06. The first-order valence-electron chi connectivity index (χ1n) is 19.3. The summed E-state index contributed by atoms with van der Waals surface area (Å²) in [7, 11) is 69.3. The smallest absolute Gasteiger partial charge is 0.135 e. The molecule has 2 heterocycles. The van der Waals surface area contributed by atoms with Crippen molar-refractivity contribution in [3.63, 3.8) is 0 Å². The normalized spacial score (nSPS) is 15.2. The van der Waals surface area contributed by atoms with Gasteiger partial charge in [-0.2, -0.15) is 0 Å². The quantitative estimate of drug-likeness (QED) is 0.131. The molecule has 6 aromatic carbocycles. The molecule has 0 amide bonds. The summed E-state index contributed by atoms with van der Waals surface area (Å²) in [4.78, 5) is 1.71. The third kappa shape index (κ3) is 6.63. The Morgan fingerprint density at radius 2 is 1.11 bits per heavy atom. The number of fused-ring (bicyclic) bond motifs is 6. The number of terminal acetylenes is 1. The van der Waals surface area contributed by atoms with Crippen LogP contribution >= 0.6 is 0 Å². The van der Waals surface area contributed by atoms with Crippen LogP contribution in [0.1, 0.15) is 11.1 Å². The number of rotatable bonds is 8. The van der Waals surface area contributed by atoms with Crippen LogP contribution in [0.15, 0.2) is 157 Å². The van der Waals surface area contributed by atoms with Gasteiger partial charge in [0.15, 0.2) is 0 Å². The zero-order valence-corrected chi connectivity index (χ0v) is 32.9. The Balaban J connectivity index is 1.22. The molecular formula is C48H23B10NO2. The Hall–Kier alpha value is -6.11. The van der Waals surface area contributed by atoms with Crippen LogP contribution in [-0.4, -0.2) is 91.0 Å². The highest BCUT2D eigenvalue weighted by atomic mass is 16.3. The highest BCUT2D eigenvalue weighted by Crippen LogP contribution is 2.40. The molecule has 2 aromatic heterocycles. The third-order valence-electron chi connectivity index (χ3n) is 11.5. The third-order valence-corrected chi connectivity index (χ3v) is 11.5. The monoisotopic (exact) mass is 755 g/mol. The van der Waals surface area contributed by atoms with Gasteiger partial charge in [-0.25, -0.2) is 0 Å².